The van der Waals surface area contributed by atoms with E-state index in [0.29, 0.717) is 24.1 Å². The number of nitrogens with two attached hydrogens (primary N) is 1. The molecule has 2 aliphatic heterocycles. The van der Waals surface area contributed by atoms with Crippen molar-refractivity contribution in [3.05, 3.63) is 23.9 Å². The van der Waals surface area contributed by atoms with Crippen molar-refractivity contribution in [3.63, 3.8) is 0 Å². The first kappa shape index (κ1) is 17.7. The molecule has 6 heteroatoms. The first-order chi connectivity index (χ1) is 12.0. The van der Waals surface area contributed by atoms with Gasteiger partial charge in [0.15, 0.2) is 0 Å². The van der Waals surface area contributed by atoms with Crippen LogP contribution in [-0.2, 0) is 4.79 Å². The highest BCUT2D eigenvalue weighted by Gasteiger charge is 2.29. The number of rotatable bonds is 3. The van der Waals surface area contributed by atoms with E-state index in [4.69, 9.17) is 5.73 Å². The topological polar surface area (TPSA) is 79.5 Å². The number of likely N-dealkylation sites (tertiary alicyclic amines) is 1. The molecule has 2 unspecified atom stereocenters. The van der Waals surface area contributed by atoms with E-state index < -0.39 is 0 Å². The van der Waals surface area contributed by atoms with Gasteiger partial charge in [0.25, 0.3) is 5.91 Å². The van der Waals surface area contributed by atoms with Crippen molar-refractivity contribution < 1.29 is 9.59 Å². The molecule has 2 aliphatic rings. The van der Waals surface area contributed by atoms with Crippen LogP contribution in [0, 0.1) is 11.8 Å². The molecule has 2 saturated heterocycles. The molecular formula is C19H28N4O2. The van der Waals surface area contributed by atoms with Gasteiger partial charge in [0.05, 0.1) is 11.5 Å². The summed E-state index contributed by atoms with van der Waals surface area (Å²) in [5.41, 5.74) is 6.11. The van der Waals surface area contributed by atoms with Gasteiger partial charge in [0.1, 0.15) is 5.82 Å². The molecule has 6 nitrogen and oxygen atoms in total. The van der Waals surface area contributed by atoms with Crippen LogP contribution in [0.25, 0.3) is 0 Å². The summed E-state index contributed by atoms with van der Waals surface area (Å²) in [5, 5.41) is 0. The van der Waals surface area contributed by atoms with Crippen molar-refractivity contribution in [2.75, 3.05) is 24.5 Å². The standard InChI is InChI=1S/C19H28N4O2/c1-13-7-9-22(10-8-13)19(25)15-5-6-17(21-11-15)23-12-16(18(20)24)4-3-14(23)2/h5-6,11,13-14,16H,3-4,7-10,12H2,1-2H3,(H2,20,24). The van der Waals surface area contributed by atoms with Gasteiger partial charge in [-0.2, -0.15) is 0 Å². The Morgan fingerprint density at radius 1 is 1.12 bits per heavy atom. The fourth-order valence-corrected chi connectivity index (χ4v) is 3.74. The third-order valence-corrected chi connectivity index (χ3v) is 5.64. The molecule has 0 aromatic carbocycles. The Hall–Kier alpha value is -2.11. The largest absolute Gasteiger partial charge is 0.369 e. The first-order valence-electron chi connectivity index (χ1n) is 9.27. The summed E-state index contributed by atoms with van der Waals surface area (Å²) < 4.78 is 0. The van der Waals surface area contributed by atoms with Gasteiger partial charge in [0, 0.05) is 31.9 Å². The summed E-state index contributed by atoms with van der Waals surface area (Å²) in [6.45, 7) is 6.61. The Morgan fingerprint density at radius 3 is 2.44 bits per heavy atom. The zero-order chi connectivity index (χ0) is 18.0. The lowest BCUT2D eigenvalue weighted by Crippen LogP contribution is -2.46. The summed E-state index contributed by atoms with van der Waals surface area (Å²) in [6, 6.07) is 4.05. The van der Waals surface area contributed by atoms with E-state index in [-0.39, 0.29) is 17.7 Å². The average Bonchev–Trinajstić information content (AvgIpc) is 2.62. The number of aromatic nitrogens is 1. The van der Waals surface area contributed by atoms with Crippen LogP contribution in [0.1, 0.15) is 49.9 Å². The average molecular weight is 344 g/mol. The van der Waals surface area contributed by atoms with E-state index in [9.17, 15) is 9.59 Å². The van der Waals surface area contributed by atoms with E-state index in [1.165, 1.54) is 0 Å². The zero-order valence-electron chi connectivity index (χ0n) is 15.1. The van der Waals surface area contributed by atoms with Crippen LogP contribution in [-0.4, -0.2) is 47.4 Å². The fraction of sp³-hybridized carbons (Fsp3) is 0.632. The number of carbonyl (C=O) groups excluding carboxylic acids is 2. The van der Waals surface area contributed by atoms with Crippen molar-refractivity contribution >= 4 is 17.6 Å². The third-order valence-electron chi connectivity index (χ3n) is 5.64. The Balaban J connectivity index is 1.69. The van der Waals surface area contributed by atoms with Crippen LogP contribution in [0.3, 0.4) is 0 Å². The van der Waals surface area contributed by atoms with Gasteiger partial charge in [-0.15, -0.1) is 0 Å². The van der Waals surface area contributed by atoms with Crippen molar-refractivity contribution in [1.29, 1.82) is 0 Å². The minimum absolute atomic E-state index is 0.0626. The quantitative estimate of drug-likeness (QED) is 0.910. The zero-order valence-corrected chi connectivity index (χ0v) is 15.1. The van der Waals surface area contributed by atoms with Crippen LogP contribution in [0.5, 0.6) is 0 Å². The molecule has 136 valence electrons. The van der Waals surface area contributed by atoms with Crippen LogP contribution in [0.4, 0.5) is 5.82 Å². The number of primary amides is 1. The van der Waals surface area contributed by atoms with Gasteiger partial charge in [-0.05, 0) is 50.7 Å². The van der Waals surface area contributed by atoms with Crippen molar-refractivity contribution in [2.24, 2.45) is 17.6 Å². The van der Waals surface area contributed by atoms with Crippen LogP contribution >= 0.6 is 0 Å². The van der Waals surface area contributed by atoms with Crippen molar-refractivity contribution in [2.45, 2.75) is 45.6 Å². The lowest BCUT2D eigenvalue weighted by molar-refractivity contribution is -0.122. The smallest absolute Gasteiger partial charge is 0.255 e. The molecule has 0 radical (unpaired) electrons. The second-order valence-corrected chi connectivity index (χ2v) is 7.56. The summed E-state index contributed by atoms with van der Waals surface area (Å²) in [5.74, 6) is 1.19. The lowest BCUT2D eigenvalue weighted by Gasteiger charge is -2.37. The molecule has 0 aliphatic carbocycles. The van der Waals surface area contributed by atoms with E-state index in [1.54, 1.807) is 6.20 Å². The maximum Gasteiger partial charge on any atom is 0.255 e. The van der Waals surface area contributed by atoms with Crippen LogP contribution in [0.15, 0.2) is 18.3 Å². The highest BCUT2D eigenvalue weighted by atomic mass is 16.2. The molecule has 2 amide bonds. The van der Waals surface area contributed by atoms with Gasteiger partial charge in [-0.3, -0.25) is 9.59 Å². The number of piperidine rings is 2. The normalized spacial score (nSPS) is 25.0. The molecule has 2 atom stereocenters. The van der Waals surface area contributed by atoms with Gasteiger partial charge in [-0.25, -0.2) is 4.98 Å². The van der Waals surface area contributed by atoms with Gasteiger partial charge >= 0.3 is 0 Å². The molecule has 2 fully saturated rings. The molecule has 2 N–H and O–H groups in total. The van der Waals surface area contributed by atoms with Crippen LogP contribution in [0.2, 0.25) is 0 Å². The maximum absolute atomic E-state index is 12.6. The van der Waals surface area contributed by atoms with Crippen molar-refractivity contribution in [1.82, 2.24) is 9.88 Å². The maximum atomic E-state index is 12.6. The van der Waals surface area contributed by atoms with E-state index >= 15 is 0 Å². The summed E-state index contributed by atoms with van der Waals surface area (Å²) >= 11 is 0. The Labute approximate surface area is 149 Å². The molecule has 0 spiro atoms. The SMILES string of the molecule is CC1CCN(C(=O)c2ccc(N3CC(C(N)=O)CCC3C)nc2)CC1. The van der Waals surface area contributed by atoms with Gasteiger partial charge < -0.3 is 15.5 Å². The second-order valence-electron chi connectivity index (χ2n) is 7.56. The Bertz CT molecular complexity index is 623. The minimum atomic E-state index is -0.247. The van der Waals surface area contributed by atoms with E-state index in [1.807, 2.05) is 17.0 Å². The molecule has 0 bridgehead atoms. The molecule has 25 heavy (non-hydrogen) atoms. The minimum Gasteiger partial charge on any atom is -0.369 e. The lowest BCUT2D eigenvalue weighted by atomic mass is 9.93. The van der Waals surface area contributed by atoms with Crippen molar-refractivity contribution in [3.8, 4) is 0 Å². The summed E-state index contributed by atoms with van der Waals surface area (Å²) in [7, 11) is 0. The molecule has 1 aromatic heterocycles. The molecule has 3 rings (SSSR count). The number of hydrogen-bond donors (Lipinski definition) is 1. The molecular weight excluding hydrogens is 316 g/mol. The predicted octanol–water partition coefficient (Wildman–Crippen LogP) is 2.04. The highest BCUT2D eigenvalue weighted by molar-refractivity contribution is 5.94. The number of anilines is 1. The Kier molecular flexibility index (Phi) is 5.25. The van der Waals surface area contributed by atoms with E-state index in [2.05, 4.69) is 23.7 Å². The van der Waals surface area contributed by atoms with Crippen LogP contribution < -0.4 is 10.6 Å². The third kappa shape index (κ3) is 3.94. The monoisotopic (exact) mass is 344 g/mol. The molecule has 1 aromatic rings. The van der Waals surface area contributed by atoms with Gasteiger partial charge in [0.2, 0.25) is 5.91 Å². The predicted molar refractivity (Wildman–Crippen MR) is 97.3 cm³/mol. The summed E-state index contributed by atoms with van der Waals surface area (Å²) in [6.07, 6.45) is 5.54. The Morgan fingerprint density at radius 2 is 1.84 bits per heavy atom. The first-order valence-corrected chi connectivity index (χ1v) is 9.27. The second kappa shape index (κ2) is 7.42. The fourth-order valence-electron chi connectivity index (χ4n) is 3.74. The highest BCUT2D eigenvalue weighted by Crippen LogP contribution is 2.26. The van der Waals surface area contributed by atoms with Gasteiger partial charge in [-0.1, -0.05) is 6.92 Å². The van der Waals surface area contributed by atoms with E-state index in [0.717, 1.165) is 44.6 Å². The number of nitrogens with zero attached hydrogens (tertiary/aromatic N) is 3. The molecule has 0 saturated carbocycles. The number of amides is 2. The summed E-state index contributed by atoms with van der Waals surface area (Å²) in [4.78, 5) is 32.7. The number of pyridine rings is 1. The molecule has 3 heterocycles. The number of hydrogen-bond acceptors (Lipinski definition) is 4. The number of carbonyl (C=O) groups is 2.